The Kier molecular flexibility index (Phi) is 6.51. The molecule has 0 spiro atoms. The smallest absolute Gasteiger partial charge is 0.320 e. The molecule has 0 unspecified atom stereocenters. The van der Waals surface area contributed by atoms with Crippen molar-refractivity contribution in [2.75, 3.05) is 0 Å². The van der Waals surface area contributed by atoms with E-state index < -0.39 is 12.0 Å². The summed E-state index contributed by atoms with van der Waals surface area (Å²) in [5, 5.41) is 12.8. The van der Waals surface area contributed by atoms with Crippen molar-refractivity contribution in [3.63, 3.8) is 0 Å². The highest BCUT2D eigenvalue weighted by Crippen LogP contribution is 2.16. The predicted octanol–water partition coefficient (Wildman–Crippen LogP) is 2.70. The largest absolute Gasteiger partial charge is 0.489 e. The second-order valence-electron chi connectivity index (χ2n) is 4.21. The molecule has 0 bridgehead atoms. The maximum absolute atomic E-state index is 10.7. The number of hydrogen-bond acceptors (Lipinski definition) is 4. The summed E-state index contributed by atoms with van der Waals surface area (Å²) in [5.41, 5.74) is 7.51. The van der Waals surface area contributed by atoms with Gasteiger partial charge in [-0.15, -0.1) is 12.4 Å². The molecule has 0 saturated carbocycles. The maximum atomic E-state index is 10.7. The van der Waals surface area contributed by atoms with Crippen molar-refractivity contribution < 1.29 is 14.6 Å². The molecular formula is C14H16ClNO3S. The van der Waals surface area contributed by atoms with Crippen molar-refractivity contribution in [1.82, 2.24) is 0 Å². The molecule has 0 aliphatic carbocycles. The Morgan fingerprint density at radius 1 is 1.25 bits per heavy atom. The van der Waals surface area contributed by atoms with Gasteiger partial charge in [-0.1, -0.05) is 12.1 Å². The Balaban J connectivity index is 0.00000200. The topological polar surface area (TPSA) is 72.5 Å². The van der Waals surface area contributed by atoms with Crippen LogP contribution in [0.5, 0.6) is 5.75 Å². The third-order valence-corrected chi connectivity index (χ3v) is 3.41. The number of rotatable bonds is 6. The van der Waals surface area contributed by atoms with Gasteiger partial charge in [-0.3, -0.25) is 4.79 Å². The third-order valence-electron chi connectivity index (χ3n) is 2.68. The molecule has 6 heteroatoms. The highest BCUT2D eigenvalue weighted by molar-refractivity contribution is 7.07. The van der Waals surface area contributed by atoms with Gasteiger partial charge >= 0.3 is 5.97 Å². The van der Waals surface area contributed by atoms with Crippen LogP contribution in [-0.2, 0) is 17.8 Å². The highest BCUT2D eigenvalue weighted by atomic mass is 35.5. The molecule has 0 radical (unpaired) electrons. The maximum Gasteiger partial charge on any atom is 0.320 e. The van der Waals surface area contributed by atoms with E-state index in [1.54, 1.807) is 11.3 Å². The number of hydrogen-bond donors (Lipinski definition) is 2. The van der Waals surface area contributed by atoms with Crippen LogP contribution < -0.4 is 10.5 Å². The second-order valence-corrected chi connectivity index (χ2v) is 4.99. The third kappa shape index (κ3) is 4.85. The molecule has 3 N–H and O–H groups in total. The molecule has 1 aromatic carbocycles. The van der Waals surface area contributed by atoms with Crippen LogP contribution in [0.4, 0.5) is 0 Å². The van der Waals surface area contributed by atoms with E-state index in [1.807, 2.05) is 41.1 Å². The molecule has 0 fully saturated rings. The standard InChI is InChI=1S/C14H15NO3S.ClH/c15-13(14(16)17)7-10-1-3-12(4-2-10)18-8-11-5-6-19-9-11;/h1-6,9,13H,7-8,15H2,(H,16,17);1H/t13-;/m0./s1. The Morgan fingerprint density at radius 3 is 2.50 bits per heavy atom. The first-order valence-electron chi connectivity index (χ1n) is 5.86. The van der Waals surface area contributed by atoms with Crippen LogP contribution in [0.2, 0.25) is 0 Å². The molecule has 2 rings (SSSR count). The number of halogens is 1. The fraction of sp³-hybridized carbons (Fsp3) is 0.214. The van der Waals surface area contributed by atoms with Crippen molar-refractivity contribution in [2.45, 2.75) is 19.1 Å². The number of nitrogens with two attached hydrogens (primary N) is 1. The number of carboxylic acid groups (broad SMARTS) is 1. The van der Waals surface area contributed by atoms with Gasteiger partial charge < -0.3 is 15.6 Å². The van der Waals surface area contributed by atoms with Crippen LogP contribution in [0.15, 0.2) is 41.1 Å². The lowest BCUT2D eigenvalue weighted by atomic mass is 10.1. The number of aliphatic carboxylic acids is 1. The van der Waals surface area contributed by atoms with Crippen LogP contribution in [0, 0.1) is 0 Å². The number of benzene rings is 1. The summed E-state index contributed by atoms with van der Waals surface area (Å²) in [6.45, 7) is 0.539. The van der Waals surface area contributed by atoms with Gasteiger partial charge in [0.15, 0.2) is 0 Å². The van der Waals surface area contributed by atoms with Gasteiger partial charge in [-0.2, -0.15) is 11.3 Å². The van der Waals surface area contributed by atoms with E-state index in [4.69, 9.17) is 15.6 Å². The van der Waals surface area contributed by atoms with Crippen molar-refractivity contribution in [3.05, 3.63) is 52.2 Å². The summed E-state index contributed by atoms with van der Waals surface area (Å²) in [6.07, 6.45) is 0.320. The lowest BCUT2D eigenvalue weighted by Gasteiger charge is -2.08. The minimum Gasteiger partial charge on any atom is -0.489 e. The van der Waals surface area contributed by atoms with Gasteiger partial charge in [0, 0.05) is 0 Å². The zero-order valence-electron chi connectivity index (χ0n) is 10.7. The molecule has 20 heavy (non-hydrogen) atoms. The fourth-order valence-electron chi connectivity index (χ4n) is 1.60. The summed E-state index contributed by atoms with van der Waals surface area (Å²) >= 11 is 1.64. The molecule has 108 valence electrons. The lowest BCUT2D eigenvalue weighted by molar-refractivity contribution is -0.138. The van der Waals surface area contributed by atoms with Crippen molar-refractivity contribution in [1.29, 1.82) is 0 Å². The molecule has 0 amide bonds. The molecule has 1 aromatic heterocycles. The Morgan fingerprint density at radius 2 is 1.95 bits per heavy atom. The average molecular weight is 314 g/mol. The van der Waals surface area contributed by atoms with Crippen LogP contribution in [0.1, 0.15) is 11.1 Å². The van der Waals surface area contributed by atoms with Crippen molar-refractivity contribution >= 4 is 29.7 Å². The molecule has 0 aliphatic rings. The lowest BCUT2D eigenvalue weighted by Crippen LogP contribution is -2.32. The second kappa shape index (κ2) is 7.89. The van der Waals surface area contributed by atoms with Gasteiger partial charge in [-0.25, -0.2) is 0 Å². The Hall–Kier alpha value is -1.56. The minimum atomic E-state index is -0.988. The normalized spacial score (nSPS) is 11.4. The molecule has 0 saturated heterocycles. The number of ether oxygens (including phenoxy) is 1. The van der Waals surface area contributed by atoms with Crippen molar-refractivity contribution in [2.24, 2.45) is 5.73 Å². The van der Waals surface area contributed by atoms with Gasteiger partial charge in [0.25, 0.3) is 0 Å². The van der Waals surface area contributed by atoms with E-state index in [1.165, 1.54) is 0 Å². The first-order chi connectivity index (χ1) is 9.15. The van der Waals surface area contributed by atoms with Gasteiger partial charge in [0.2, 0.25) is 0 Å². The van der Waals surface area contributed by atoms with Crippen LogP contribution >= 0.6 is 23.7 Å². The monoisotopic (exact) mass is 313 g/mol. The van der Waals surface area contributed by atoms with Gasteiger partial charge in [0.1, 0.15) is 18.4 Å². The first kappa shape index (κ1) is 16.5. The predicted molar refractivity (Wildman–Crippen MR) is 81.7 cm³/mol. The van der Waals surface area contributed by atoms with E-state index in [2.05, 4.69) is 0 Å². The summed E-state index contributed by atoms with van der Waals surface area (Å²) in [4.78, 5) is 10.7. The Labute approximate surface area is 127 Å². The van der Waals surface area contributed by atoms with E-state index >= 15 is 0 Å². The van der Waals surface area contributed by atoms with Crippen LogP contribution in [0.3, 0.4) is 0 Å². The molecular weight excluding hydrogens is 298 g/mol. The van der Waals surface area contributed by atoms with Crippen LogP contribution in [-0.4, -0.2) is 17.1 Å². The quantitative estimate of drug-likeness (QED) is 0.860. The molecule has 1 atom stereocenters. The first-order valence-corrected chi connectivity index (χ1v) is 6.80. The van der Waals surface area contributed by atoms with E-state index in [0.717, 1.165) is 16.9 Å². The van der Waals surface area contributed by atoms with Crippen LogP contribution in [0.25, 0.3) is 0 Å². The number of carboxylic acids is 1. The molecule has 0 aliphatic heterocycles. The van der Waals surface area contributed by atoms with E-state index in [0.29, 0.717) is 13.0 Å². The van der Waals surface area contributed by atoms with Crippen molar-refractivity contribution in [3.8, 4) is 5.75 Å². The zero-order valence-corrected chi connectivity index (χ0v) is 12.3. The summed E-state index contributed by atoms with van der Waals surface area (Å²) in [7, 11) is 0. The average Bonchev–Trinajstić information content (AvgIpc) is 2.91. The molecule has 4 nitrogen and oxygen atoms in total. The zero-order chi connectivity index (χ0) is 13.7. The summed E-state index contributed by atoms with van der Waals surface area (Å²) in [5.74, 6) is -0.225. The fourth-order valence-corrected chi connectivity index (χ4v) is 2.26. The SMILES string of the molecule is Cl.N[C@@H](Cc1ccc(OCc2ccsc2)cc1)C(=O)O. The number of carbonyl (C=O) groups is 1. The van der Waals surface area contributed by atoms with Gasteiger partial charge in [0.05, 0.1) is 0 Å². The molecule has 2 aromatic rings. The summed E-state index contributed by atoms with van der Waals surface area (Å²) < 4.78 is 5.62. The number of thiophene rings is 1. The summed E-state index contributed by atoms with van der Waals surface area (Å²) in [6, 6.07) is 8.49. The Bertz CT molecular complexity index is 528. The highest BCUT2D eigenvalue weighted by Gasteiger charge is 2.11. The van der Waals surface area contributed by atoms with Gasteiger partial charge in [-0.05, 0) is 46.5 Å². The minimum absolute atomic E-state index is 0. The van der Waals surface area contributed by atoms with E-state index in [-0.39, 0.29) is 12.4 Å². The molecule has 1 heterocycles. The van der Waals surface area contributed by atoms with E-state index in [9.17, 15) is 4.79 Å².